The maximum atomic E-state index is 12.6. The number of para-hydroxylation sites is 1. The van der Waals surface area contributed by atoms with Crippen LogP contribution in [0.2, 0.25) is 0 Å². The number of halogens is 1. The van der Waals surface area contributed by atoms with Gasteiger partial charge in [0.05, 0.1) is 5.52 Å². The topological polar surface area (TPSA) is 30.0 Å². The summed E-state index contributed by atoms with van der Waals surface area (Å²) in [5.41, 5.74) is 2.11. The molecule has 3 aromatic rings. The fourth-order valence-corrected chi connectivity index (χ4v) is 2.62. The normalized spacial score (nSPS) is 10.6. The minimum atomic E-state index is 0.0165. The second kappa shape index (κ2) is 5.09. The Bertz CT molecular complexity index is 762. The SMILES string of the molecule is O=C(c1cccc(I)c1)c1cccc2cccnc12. The highest BCUT2D eigenvalue weighted by molar-refractivity contribution is 14.1. The van der Waals surface area contributed by atoms with E-state index in [1.165, 1.54) is 0 Å². The molecule has 3 heteroatoms. The van der Waals surface area contributed by atoms with Crippen molar-refractivity contribution < 1.29 is 4.79 Å². The molecule has 0 aliphatic rings. The molecule has 19 heavy (non-hydrogen) atoms. The number of nitrogens with zero attached hydrogens (tertiary/aromatic N) is 1. The number of hydrogen-bond donors (Lipinski definition) is 0. The summed E-state index contributed by atoms with van der Waals surface area (Å²) in [5, 5.41) is 0.985. The van der Waals surface area contributed by atoms with Crippen molar-refractivity contribution in [3.63, 3.8) is 0 Å². The number of ketones is 1. The van der Waals surface area contributed by atoms with Gasteiger partial charge >= 0.3 is 0 Å². The van der Waals surface area contributed by atoms with Gasteiger partial charge in [0, 0.05) is 26.3 Å². The molecule has 0 aliphatic heterocycles. The monoisotopic (exact) mass is 359 g/mol. The highest BCUT2D eigenvalue weighted by Crippen LogP contribution is 2.20. The van der Waals surface area contributed by atoms with Crippen LogP contribution in [0.4, 0.5) is 0 Å². The quantitative estimate of drug-likeness (QED) is 0.510. The van der Waals surface area contributed by atoms with E-state index in [1.807, 2.05) is 54.6 Å². The average molecular weight is 359 g/mol. The van der Waals surface area contributed by atoms with E-state index in [2.05, 4.69) is 27.6 Å². The Morgan fingerprint density at radius 1 is 1.00 bits per heavy atom. The van der Waals surface area contributed by atoms with Crippen LogP contribution in [0.1, 0.15) is 15.9 Å². The van der Waals surface area contributed by atoms with E-state index in [1.54, 1.807) is 6.20 Å². The summed E-state index contributed by atoms with van der Waals surface area (Å²) in [7, 11) is 0. The van der Waals surface area contributed by atoms with Gasteiger partial charge in [-0.2, -0.15) is 0 Å². The molecule has 0 spiro atoms. The second-order valence-corrected chi connectivity index (χ2v) is 5.47. The van der Waals surface area contributed by atoms with Gasteiger partial charge in [-0.05, 0) is 46.9 Å². The number of benzene rings is 2. The first-order valence-corrected chi connectivity index (χ1v) is 6.97. The molecular formula is C16H10INO. The van der Waals surface area contributed by atoms with Gasteiger partial charge in [-0.15, -0.1) is 0 Å². The molecule has 0 bridgehead atoms. The van der Waals surface area contributed by atoms with E-state index < -0.39 is 0 Å². The number of carbonyl (C=O) groups excluding carboxylic acids is 1. The Balaban J connectivity index is 2.17. The average Bonchev–Trinajstić information content (AvgIpc) is 2.46. The molecule has 0 saturated carbocycles. The highest BCUT2D eigenvalue weighted by Gasteiger charge is 2.13. The minimum Gasteiger partial charge on any atom is -0.289 e. The van der Waals surface area contributed by atoms with Crippen molar-refractivity contribution in [2.75, 3.05) is 0 Å². The van der Waals surface area contributed by atoms with Crippen LogP contribution < -0.4 is 0 Å². The predicted molar refractivity (Wildman–Crippen MR) is 84.3 cm³/mol. The number of rotatable bonds is 2. The molecule has 0 aliphatic carbocycles. The predicted octanol–water partition coefficient (Wildman–Crippen LogP) is 4.07. The third-order valence-corrected chi connectivity index (χ3v) is 3.64. The summed E-state index contributed by atoms with van der Waals surface area (Å²) in [5.74, 6) is 0.0165. The van der Waals surface area contributed by atoms with Crippen molar-refractivity contribution in [3.8, 4) is 0 Å². The third kappa shape index (κ3) is 2.38. The maximum absolute atomic E-state index is 12.6. The first kappa shape index (κ1) is 12.3. The fourth-order valence-electron chi connectivity index (χ4n) is 2.07. The molecular weight excluding hydrogens is 349 g/mol. The Morgan fingerprint density at radius 3 is 2.63 bits per heavy atom. The number of pyridine rings is 1. The van der Waals surface area contributed by atoms with Crippen LogP contribution in [-0.4, -0.2) is 10.8 Å². The Labute approximate surface area is 124 Å². The number of hydrogen-bond acceptors (Lipinski definition) is 2. The van der Waals surface area contributed by atoms with E-state index >= 15 is 0 Å². The molecule has 0 atom stereocenters. The Morgan fingerprint density at radius 2 is 1.79 bits per heavy atom. The van der Waals surface area contributed by atoms with Gasteiger partial charge in [0.2, 0.25) is 0 Å². The van der Waals surface area contributed by atoms with E-state index in [-0.39, 0.29) is 5.78 Å². The molecule has 2 aromatic carbocycles. The van der Waals surface area contributed by atoms with Gasteiger partial charge < -0.3 is 0 Å². The van der Waals surface area contributed by atoms with Crippen molar-refractivity contribution in [1.29, 1.82) is 0 Å². The fraction of sp³-hybridized carbons (Fsp3) is 0. The van der Waals surface area contributed by atoms with Gasteiger partial charge in [-0.3, -0.25) is 9.78 Å². The van der Waals surface area contributed by atoms with E-state index in [0.717, 1.165) is 14.5 Å². The van der Waals surface area contributed by atoms with Crippen LogP contribution in [0.25, 0.3) is 10.9 Å². The third-order valence-electron chi connectivity index (χ3n) is 2.96. The summed E-state index contributed by atoms with van der Waals surface area (Å²) < 4.78 is 1.05. The lowest BCUT2D eigenvalue weighted by Crippen LogP contribution is -2.03. The molecule has 1 heterocycles. The Hall–Kier alpha value is -1.75. The van der Waals surface area contributed by atoms with Crippen LogP contribution in [0.15, 0.2) is 60.8 Å². The van der Waals surface area contributed by atoms with Crippen LogP contribution in [-0.2, 0) is 0 Å². The molecule has 1 aromatic heterocycles. The summed E-state index contributed by atoms with van der Waals surface area (Å²) in [6, 6.07) is 17.1. The number of fused-ring (bicyclic) bond motifs is 1. The first-order chi connectivity index (χ1) is 9.25. The summed E-state index contributed by atoms with van der Waals surface area (Å²) in [4.78, 5) is 16.9. The minimum absolute atomic E-state index is 0.0165. The van der Waals surface area contributed by atoms with Crippen LogP contribution in [0.3, 0.4) is 0 Å². The number of aromatic nitrogens is 1. The zero-order chi connectivity index (χ0) is 13.2. The molecule has 92 valence electrons. The van der Waals surface area contributed by atoms with Crippen molar-refractivity contribution in [1.82, 2.24) is 4.98 Å². The summed E-state index contributed by atoms with van der Waals surface area (Å²) >= 11 is 2.21. The number of carbonyl (C=O) groups is 1. The molecule has 0 radical (unpaired) electrons. The first-order valence-electron chi connectivity index (χ1n) is 5.90. The van der Waals surface area contributed by atoms with E-state index in [9.17, 15) is 4.79 Å². The van der Waals surface area contributed by atoms with Crippen molar-refractivity contribution >= 4 is 39.3 Å². The molecule has 0 saturated heterocycles. The van der Waals surface area contributed by atoms with Gasteiger partial charge in [0.25, 0.3) is 0 Å². The summed E-state index contributed by atoms with van der Waals surface area (Å²) in [6.07, 6.45) is 1.72. The molecule has 0 unspecified atom stereocenters. The standard InChI is InChI=1S/C16H10INO/c17-13-7-1-5-12(10-13)16(19)14-8-2-4-11-6-3-9-18-15(11)14/h1-10H. The van der Waals surface area contributed by atoms with Crippen LogP contribution in [0.5, 0.6) is 0 Å². The second-order valence-electron chi connectivity index (χ2n) is 4.22. The van der Waals surface area contributed by atoms with E-state index in [0.29, 0.717) is 11.1 Å². The van der Waals surface area contributed by atoms with Gasteiger partial charge in [0.1, 0.15) is 0 Å². The molecule has 2 nitrogen and oxygen atoms in total. The van der Waals surface area contributed by atoms with Crippen molar-refractivity contribution in [3.05, 3.63) is 75.5 Å². The zero-order valence-electron chi connectivity index (χ0n) is 10.0. The lowest BCUT2D eigenvalue weighted by atomic mass is 10.0. The van der Waals surface area contributed by atoms with Crippen molar-refractivity contribution in [2.45, 2.75) is 0 Å². The molecule has 0 fully saturated rings. The smallest absolute Gasteiger partial charge is 0.195 e. The molecule has 0 N–H and O–H groups in total. The lowest BCUT2D eigenvalue weighted by molar-refractivity contribution is 0.104. The van der Waals surface area contributed by atoms with Gasteiger partial charge in [0.15, 0.2) is 5.78 Å². The Kier molecular flexibility index (Phi) is 3.29. The lowest BCUT2D eigenvalue weighted by Gasteiger charge is -2.05. The summed E-state index contributed by atoms with van der Waals surface area (Å²) in [6.45, 7) is 0. The van der Waals surface area contributed by atoms with Gasteiger partial charge in [-0.25, -0.2) is 0 Å². The van der Waals surface area contributed by atoms with Crippen LogP contribution >= 0.6 is 22.6 Å². The zero-order valence-corrected chi connectivity index (χ0v) is 12.2. The highest BCUT2D eigenvalue weighted by atomic mass is 127. The largest absolute Gasteiger partial charge is 0.289 e. The van der Waals surface area contributed by atoms with Crippen LogP contribution in [0, 0.1) is 3.57 Å². The van der Waals surface area contributed by atoms with Crippen molar-refractivity contribution in [2.24, 2.45) is 0 Å². The molecule has 3 rings (SSSR count). The van der Waals surface area contributed by atoms with E-state index in [4.69, 9.17) is 0 Å². The van der Waals surface area contributed by atoms with Gasteiger partial charge in [-0.1, -0.05) is 30.3 Å². The maximum Gasteiger partial charge on any atom is 0.195 e. The molecule has 0 amide bonds.